The van der Waals surface area contributed by atoms with Crippen molar-refractivity contribution in [3.8, 4) is 0 Å². The summed E-state index contributed by atoms with van der Waals surface area (Å²) in [4.78, 5) is 17.7. The minimum Gasteiger partial charge on any atom is -0.349 e. The first-order valence-electron chi connectivity index (χ1n) is 9.53. The topological polar surface area (TPSA) is 90.9 Å². The van der Waals surface area contributed by atoms with E-state index in [0.29, 0.717) is 18.2 Å². The van der Waals surface area contributed by atoms with E-state index in [-0.39, 0.29) is 5.91 Å². The first kappa shape index (κ1) is 17.9. The molecule has 3 aromatic rings. The fourth-order valence-electron chi connectivity index (χ4n) is 3.12. The van der Waals surface area contributed by atoms with Crippen LogP contribution >= 0.6 is 11.9 Å². The molecule has 0 bridgehead atoms. The van der Waals surface area contributed by atoms with E-state index < -0.39 is 0 Å². The van der Waals surface area contributed by atoms with Crippen molar-refractivity contribution in [1.82, 2.24) is 29.4 Å². The average Bonchev–Trinajstić information content (AvgIpc) is 3.22. The summed E-state index contributed by atoms with van der Waals surface area (Å²) < 4.78 is 4.13. The molecular weight excluding hydrogens is 386 g/mol. The number of aryl methyl sites for hydroxylation is 1. The molecule has 0 atom stereocenters. The third kappa shape index (κ3) is 4.00. The lowest BCUT2D eigenvalue weighted by atomic mass is 10.2. The summed E-state index contributed by atoms with van der Waals surface area (Å²) in [5, 5.41) is 13.6. The molecule has 1 aliphatic carbocycles. The summed E-state index contributed by atoms with van der Waals surface area (Å²) in [5.74, 6) is 2.58. The van der Waals surface area contributed by atoms with Crippen LogP contribution in [0.25, 0.3) is 5.82 Å². The van der Waals surface area contributed by atoms with Crippen LogP contribution in [0.1, 0.15) is 34.7 Å². The third-order valence-corrected chi connectivity index (χ3v) is 5.71. The van der Waals surface area contributed by atoms with Gasteiger partial charge in [-0.1, -0.05) is 0 Å². The van der Waals surface area contributed by atoms with Crippen LogP contribution in [0.5, 0.6) is 0 Å². The molecule has 3 heterocycles. The molecule has 1 aromatic carbocycles. The minimum atomic E-state index is 0.00438. The van der Waals surface area contributed by atoms with E-state index in [4.69, 9.17) is 0 Å². The number of nitrogens with one attached hydrogen (secondary N) is 3. The number of carbonyl (C=O) groups is 1. The van der Waals surface area contributed by atoms with Crippen LogP contribution < -0.4 is 10.6 Å². The minimum absolute atomic E-state index is 0.00438. The van der Waals surface area contributed by atoms with Gasteiger partial charge in [-0.25, -0.2) is 4.98 Å². The molecule has 29 heavy (non-hydrogen) atoms. The molecule has 0 radical (unpaired) electrons. The lowest BCUT2D eigenvalue weighted by molar-refractivity contribution is 0.0951. The number of hydrogen-bond acceptors (Lipinski definition) is 6. The van der Waals surface area contributed by atoms with Gasteiger partial charge in [0.05, 0.1) is 12.7 Å². The van der Waals surface area contributed by atoms with Crippen molar-refractivity contribution in [2.75, 3.05) is 5.32 Å². The maximum atomic E-state index is 12.2. The van der Waals surface area contributed by atoms with Crippen molar-refractivity contribution in [2.45, 2.75) is 37.2 Å². The molecular formula is C20H21N7OS. The van der Waals surface area contributed by atoms with Crippen LogP contribution in [0, 0.1) is 6.92 Å². The Balaban J connectivity index is 1.31. The van der Waals surface area contributed by atoms with Crippen LogP contribution in [-0.4, -0.2) is 36.0 Å². The number of H-pyrrole nitrogens is 1. The maximum Gasteiger partial charge on any atom is 0.251 e. The number of fused-ring (bicyclic) bond motifs is 1. The van der Waals surface area contributed by atoms with Crippen LogP contribution in [0.3, 0.4) is 0 Å². The number of carbonyl (C=O) groups excluding carboxylic acids is 1. The van der Waals surface area contributed by atoms with Gasteiger partial charge in [0.15, 0.2) is 5.82 Å². The number of anilines is 1. The van der Waals surface area contributed by atoms with Crippen LogP contribution in [-0.2, 0) is 6.54 Å². The van der Waals surface area contributed by atoms with Crippen LogP contribution in [0.2, 0.25) is 0 Å². The van der Waals surface area contributed by atoms with E-state index in [9.17, 15) is 4.79 Å². The van der Waals surface area contributed by atoms with Crippen molar-refractivity contribution in [1.29, 1.82) is 0 Å². The molecule has 0 saturated heterocycles. The predicted molar refractivity (Wildman–Crippen MR) is 112 cm³/mol. The van der Waals surface area contributed by atoms with E-state index in [0.717, 1.165) is 40.9 Å². The third-order valence-electron chi connectivity index (χ3n) is 4.75. The first-order chi connectivity index (χ1) is 14.1. The number of nitrogens with zero attached hydrogens (tertiary/aromatic N) is 4. The summed E-state index contributed by atoms with van der Waals surface area (Å²) in [5.41, 5.74) is 1.69. The molecule has 8 nitrogen and oxygen atoms in total. The average molecular weight is 408 g/mol. The summed E-state index contributed by atoms with van der Waals surface area (Å²) >= 11 is 1.60. The van der Waals surface area contributed by atoms with Crippen molar-refractivity contribution in [3.05, 3.63) is 66.0 Å². The van der Waals surface area contributed by atoms with Gasteiger partial charge >= 0.3 is 0 Å². The Bertz CT molecular complexity index is 1060. The SMILES string of the molecule is Cc1cc(NC2=CN(Sc3ccc(C(=O)NC4CC4)cc3)Cc3nccn32)n[nH]1. The van der Waals surface area contributed by atoms with Gasteiger partial charge in [0.1, 0.15) is 11.6 Å². The van der Waals surface area contributed by atoms with Gasteiger partial charge < -0.3 is 14.9 Å². The van der Waals surface area contributed by atoms with E-state index >= 15 is 0 Å². The van der Waals surface area contributed by atoms with Crippen molar-refractivity contribution >= 4 is 29.5 Å². The second kappa shape index (κ2) is 7.32. The van der Waals surface area contributed by atoms with E-state index in [1.165, 1.54) is 0 Å². The van der Waals surface area contributed by atoms with Gasteiger partial charge in [-0.15, -0.1) is 0 Å². The van der Waals surface area contributed by atoms with E-state index in [1.807, 2.05) is 54.2 Å². The lowest BCUT2D eigenvalue weighted by Crippen LogP contribution is -2.25. The fraction of sp³-hybridized carbons (Fsp3) is 0.250. The zero-order chi connectivity index (χ0) is 19.8. The van der Waals surface area contributed by atoms with Gasteiger partial charge in [-0.05, 0) is 56.0 Å². The molecule has 1 aliphatic heterocycles. The van der Waals surface area contributed by atoms with Gasteiger partial charge in [0.2, 0.25) is 0 Å². The first-order valence-corrected chi connectivity index (χ1v) is 10.3. The van der Waals surface area contributed by atoms with Gasteiger partial charge in [-0.3, -0.25) is 14.5 Å². The largest absolute Gasteiger partial charge is 0.349 e. The maximum absolute atomic E-state index is 12.2. The smallest absolute Gasteiger partial charge is 0.251 e. The van der Waals surface area contributed by atoms with Crippen molar-refractivity contribution in [2.24, 2.45) is 0 Å². The number of aromatic amines is 1. The van der Waals surface area contributed by atoms with E-state index in [2.05, 4.69) is 30.1 Å². The van der Waals surface area contributed by atoms with Gasteiger partial charge in [-0.2, -0.15) is 5.10 Å². The highest BCUT2D eigenvalue weighted by atomic mass is 32.2. The summed E-state index contributed by atoms with van der Waals surface area (Å²) in [7, 11) is 0. The second-order valence-electron chi connectivity index (χ2n) is 7.23. The molecule has 1 fully saturated rings. The monoisotopic (exact) mass is 407 g/mol. The fourth-order valence-corrected chi connectivity index (χ4v) is 3.98. The normalized spacial score (nSPS) is 15.6. The molecule has 1 amide bonds. The summed E-state index contributed by atoms with van der Waals surface area (Å²) in [6, 6.07) is 10.0. The molecule has 148 valence electrons. The Morgan fingerprint density at radius 3 is 2.83 bits per heavy atom. The molecule has 5 rings (SSSR count). The standard InChI is InChI=1S/C20H21N7OS/c1-13-10-17(25-24-13)23-19-12-26(11-18-21-8-9-27(18)19)29-16-6-2-14(3-7-16)20(28)22-15-4-5-15/h2-3,6-10,12,15H,4-5,11H2,1H3,(H,22,28)(H2,23,24,25). The highest BCUT2D eigenvalue weighted by Gasteiger charge is 2.24. The molecule has 2 aromatic heterocycles. The van der Waals surface area contributed by atoms with Crippen LogP contribution in [0.4, 0.5) is 5.82 Å². The predicted octanol–water partition coefficient (Wildman–Crippen LogP) is 3.20. The number of amides is 1. The molecule has 0 unspecified atom stereocenters. The molecule has 0 spiro atoms. The zero-order valence-electron chi connectivity index (χ0n) is 15.9. The van der Waals surface area contributed by atoms with Crippen molar-refractivity contribution < 1.29 is 4.79 Å². The number of aromatic nitrogens is 4. The zero-order valence-corrected chi connectivity index (χ0v) is 16.7. The number of benzene rings is 1. The summed E-state index contributed by atoms with van der Waals surface area (Å²) in [6.07, 6.45) is 7.94. The number of hydrogen-bond donors (Lipinski definition) is 3. The highest BCUT2D eigenvalue weighted by molar-refractivity contribution is 7.97. The van der Waals surface area contributed by atoms with Crippen molar-refractivity contribution in [3.63, 3.8) is 0 Å². The Kier molecular flexibility index (Phi) is 4.51. The quantitative estimate of drug-likeness (QED) is 0.544. The van der Waals surface area contributed by atoms with Gasteiger partial charge in [0.25, 0.3) is 5.91 Å². The Morgan fingerprint density at radius 2 is 2.10 bits per heavy atom. The molecule has 9 heteroatoms. The highest BCUT2D eigenvalue weighted by Crippen LogP contribution is 2.30. The Hall–Kier alpha value is -3.20. The summed E-state index contributed by atoms with van der Waals surface area (Å²) in [6.45, 7) is 2.64. The Labute approximate surface area is 172 Å². The second-order valence-corrected chi connectivity index (χ2v) is 8.35. The number of imidazole rings is 1. The molecule has 1 saturated carbocycles. The molecule has 2 aliphatic rings. The Morgan fingerprint density at radius 1 is 1.28 bits per heavy atom. The lowest BCUT2D eigenvalue weighted by Gasteiger charge is -2.26. The number of rotatable bonds is 6. The van der Waals surface area contributed by atoms with Crippen LogP contribution in [0.15, 0.2) is 53.8 Å². The molecule has 3 N–H and O–H groups in total. The van der Waals surface area contributed by atoms with Gasteiger partial charge in [0, 0.05) is 40.7 Å². The van der Waals surface area contributed by atoms with E-state index in [1.54, 1.807) is 18.1 Å².